The summed E-state index contributed by atoms with van der Waals surface area (Å²) in [4.78, 5) is 0. The first kappa shape index (κ1) is 14.4. The van der Waals surface area contributed by atoms with Gasteiger partial charge in [-0.1, -0.05) is 0 Å². The number of benzene rings is 1. The largest absolute Gasteiger partial charge is 0.497 e. The number of nitrogens with one attached hydrogen (secondary N) is 1. The molecule has 0 radical (unpaired) electrons. The predicted octanol–water partition coefficient (Wildman–Crippen LogP) is 3.02. The SMILES string of the molecule is COc1ccc(OC)c(NCC(F)(F)C(F)F)c1. The van der Waals surface area contributed by atoms with Crippen LogP contribution in [0.2, 0.25) is 0 Å². The van der Waals surface area contributed by atoms with E-state index in [1.165, 1.54) is 26.4 Å². The quantitative estimate of drug-likeness (QED) is 0.804. The van der Waals surface area contributed by atoms with Gasteiger partial charge in [0.05, 0.1) is 26.5 Å². The lowest BCUT2D eigenvalue weighted by Gasteiger charge is -2.18. The summed E-state index contributed by atoms with van der Waals surface area (Å²) in [6.07, 6.45) is -3.72. The smallest absolute Gasteiger partial charge is 0.324 e. The van der Waals surface area contributed by atoms with Crippen LogP contribution in [0.15, 0.2) is 18.2 Å². The number of hydrogen-bond acceptors (Lipinski definition) is 3. The molecule has 0 aliphatic carbocycles. The van der Waals surface area contributed by atoms with E-state index in [2.05, 4.69) is 5.32 Å². The van der Waals surface area contributed by atoms with Crippen molar-refractivity contribution < 1.29 is 27.0 Å². The summed E-state index contributed by atoms with van der Waals surface area (Å²) in [5.41, 5.74) is 0.164. The molecule has 0 aliphatic rings. The molecule has 1 aromatic carbocycles. The van der Waals surface area contributed by atoms with Crippen molar-refractivity contribution in [2.24, 2.45) is 0 Å². The molecule has 1 rings (SSSR count). The molecule has 0 bridgehead atoms. The molecule has 7 heteroatoms. The predicted molar refractivity (Wildman–Crippen MR) is 59.0 cm³/mol. The summed E-state index contributed by atoms with van der Waals surface area (Å²) in [6, 6.07) is 4.44. The summed E-state index contributed by atoms with van der Waals surface area (Å²) in [5, 5.41) is 2.23. The van der Waals surface area contributed by atoms with Gasteiger partial charge in [-0.2, -0.15) is 8.78 Å². The molecule has 3 nitrogen and oxygen atoms in total. The first-order valence-electron chi connectivity index (χ1n) is 5.02. The number of halogens is 4. The lowest BCUT2D eigenvalue weighted by molar-refractivity contribution is -0.117. The molecule has 18 heavy (non-hydrogen) atoms. The van der Waals surface area contributed by atoms with Gasteiger partial charge in [0.25, 0.3) is 0 Å². The van der Waals surface area contributed by atoms with E-state index in [9.17, 15) is 17.6 Å². The molecule has 0 saturated heterocycles. The van der Waals surface area contributed by atoms with Crippen LogP contribution in [0.4, 0.5) is 23.2 Å². The van der Waals surface area contributed by atoms with E-state index >= 15 is 0 Å². The van der Waals surface area contributed by atoms with Crippen LogP contribution >= 0.6 is 0 Å². The Hall–Kier alpha value is -1.66. The highest BCUT2D eigenvalue weighted by molar-refractivity contribution is 5.59. The lowest BCUT2D eigenvalue weighted by Crippen LogP contribution is -2.34. The molecule has 0 unspecified atom stereocenters. The van der Waals surface area contributed by atoms with E-state index in [-0.39, 0.29) is 11.4 Å². The fraction of sp³-hybridized carbons (Fsp3) is 0.455. The fourth-order valence-electron chi connectivity index (χ4n) is 1.24. The first-order chi connectivity index (χ1) is 8.40. The second-order valence-corrected chi connectivity index (χ2v) is 3.48. The minimum absolute atomic E-state index is 0.164. The number of methoxy groups -OCH3 is 2. The van der Waals surface area contributed by atoms with E-state index in [0.717, 1.165) is 0 Å². The van der Waals surface area contributed by atoms with E-state index in [0.29, 0.717) is 5.75 Å². The van der Waals surface area contributed by atoms with Gasteiger partial charge in [-0.3, -0.25) is 0 Å². The molecule has 1 N–H and O–H groups in total. The van der Waals surface area contributed by atoms with Crippen molar-refractivity contribution in [3.05, 3.63) is 18.2 Å². The van der Waals surface area contributed by atoms with Crippen molar-refractivity contribution in [1.29, 1.82) is 0 Å². The van der Waals surface area contributed by atoms with Crippen LogP contribution in [0.5, 0.6) is 11.5 Å². The summed E-state index contributed by atoms with van der Waals surface area (Å²) in [7, 11) is 2.75. The number of rotatable bonds is 6. The topological polar surface area (TPSA) is 30.5 Å². The Morgan fingerprint density at radius 2 is 1.89 bits per heavy atom. The molecular weight excluding hydrogens is 254 g/mol. The van der Waals surface area contributed by atoms with Gasteiger partial charge in [-0.15, -0.1) is 0 Å². The first-order valence-corrected chi connectivity index (χ1v) is 5.02. The van der Waals surface area contributed by atoms with Crippen molar-refractivity contribution >= 4 is 5.69 Å². The molecule has 0 atom stereocenters. The summed E-state index contributed by atoms with van der Waals surface area (Å²) < 4.78 is 59.3. The Kier molecular flexibility index (Phi) is 4.63. The highest BCUT2D eigenvalue weighted by atomic mass is 19.3. The molecule has 0 aromatic heterocycles. The molecule has 0 spiro atoms. The van der Waals surface area contributed by atoms with E-state index in [1.54, 1.807) is 6.07 Å². The monoisotopic (exact) mass is 267 g/mol. The minimum Gasteiger partial charge on any atom is -0.497 e. The van der Waals surface area contributed by atoms with Crippen molar-refractivity contribution in [2.75, 3.05) is 26.1 Å². The van der Waals surface area contributed by atoms with Gasteiger partial charge in [0, 0.05) is 6.07 Å². The summed E-state index contributed by atoms with van der Waals surface area (Å²) in [5.74, 6) is -3.44. The van der Waals surface area contributed by atoms with Crippen molar-refractivity contribution in [1.82, 2.24) is 0 Å². The van der Waals surface area contributed by atoms with Crippen LogP contribution in [0.25, 0.3) is 0 Å². The molecule has 0 amide bonds. The maximum absolute atomic E-state index is 12.8. The second kappa shape index (κ2) is 5.79. The average Bonchev–Trinajstić information content (AvgIpc) is 2.35. The Morgan fingerprint density at radius 3 is 2.39 bits per heavy atom. The van der Waals surface area contributed by atoms with E-state index < -0.39 is 18.9 Å². The maximum Gasteiger partial charge on any atom is 0.324 e. The normalized spacial score (nSPS) is 11.5. The number of ether oxygens (including phenoxy) is 2. The van der Waals surface area contributed by atoms with Crippen molar-refractivity contribution in [3.63, 3.8) is 0 Å². The third-order valence-corrected chi connectivity index (χ3v) is 2.24. The highest BCUT2D eigenvalue weighted by Gasteiger charge is 2.40. The Morgan fingerprint density at radius 1 is 1.22 bits per heavy atom. The zero-order chi connectivity index (χ0) is 13.8. The Balaban J connectivity index is 2.83. The standard InChI is InChI=1S/C11H13F4NO2/c1-17-7-3-4-9(18-2)8(5-7)16-6-11(14,15)10(12)13/h3-5,10,16H,6H2,1-2H3. The number of hydrogen-bond donors (Lipinski definition) is 1. The van der Waals surface area contributed by atoms with Crippen LogP contribution in [0.3, 0.4) is 0 Å². The van der Waals surface area contributed by atoms with Crippen LogP contribution in [0.1, 0.15) is 0 Å². The van der Waals surface area contributed by atoms with Gasteiger partial charge in [-0.05, 0) is 12.1 Å². The zero-order valence-corrected chi connectivity index (χ0v) is 9.84. The van der Waals surface area contributed by atoms with Crippen LogP contribution in [-0.4, -0.2) is 33.1 Å². The molecule has 0 aliphatic heterocycles. The molecule has 0 heterocycles. The van der Waals surface area contributed by atoms with Gasteiger partial charge < -0.3 is 14.8 Å². The Labute approximate surface area is 102 Å². The van der Waals surface area contributed by atoms with Gasteiger partial charge in [-0.25, -0.2) is 8.78 Å². The maximum atomic E-state index is 12.8. The van der Waals surface area contributed by atoms with Gasteiger partial charge in [0.1, 0.15) is 11.5 Å². The van der Waals surface area contributed by atoms with Gasteiger partial charge in [0.2, 0.25) is 0 Å². The fourth-order valence-corrected chi connectivity index (χ4v) is 1.24. The molecule has 102 valence electrons. The summed E-state index contributed by atoms with van der Waals surface area (Å²) >= 11 is 0. The molecule has 0 fully saturated rings. The van der Waals surface area contributed by atoms with Crippen LogP contribution < -0.4 is 14.8 Å². The molecular formula is C11H13F4NO2. The van der Waals surface area contributed by atoms with E-state index in [1.807, 2.05) is 0 Å². The van der Waals surface area contributed by atoms with Crippen molar-refractivity contribution in [2.45, 2.75) is 12.3 Å². The van der Waals surface area contributed by atoms with Gasteiger partial charge in [0.15, 0.2) is 0 Å². The van der Waals surface area contributed by atoms with Crippen LogP contribution in [0, 0.1) is 0 Å². The lowest BCUT2D eigenvalue weighted by atomic mass is 10.2. The van der Waals surface area contributed by atoms with Crippen LogP contribution in [-0.2, 0) is 0 Å². The Bertz CT molecular complexity index is 399. The highest BCUT2D eigenvalue weighted by Crippen LogP contribution is 2.30. The molecule has 0 saturated carbocycles. The second-order valence-electron chi connectivity index (χ2n) is 3.48. The third-order valence-electron chi connectivity index (χ3n) is 2.24. The van der Waals surface area contributed by atoms with Crippen molar-refractivity contribution in [3.8, 4) is 11.5 Å². The number of alkyl halides is 4. The minimum atomic E-state index is -4.10. The average molecular weight is 267 g/mol. The third kappa shape index (κ3) is 3.41. The van der Waals surface area contributed by atoms with E-state index in [4.69, 9.17) is 9.47 Å². The molecule has 1 aromatic rings. The van der Waals surface area contributed by atoms with Gasteiger partial charge >= 0.3 is 12.3 Å². The number of anilines is 1. The summed E-state index contributed by atoms with van der Waals surface area (Å²) in [6.45, 7) is -1.19. The zero-order valence-electron chi connectivity index (χ0n) is 9.84.